The number of carbonyl (C=O) groups excluding carboxylic acids is 2. The molecule has 0 saturated carbocycles. The van der Waals surface area contributed by atoms with Gasteiger partial charge in [-0.25, -0.2) is 8.42 Å². The zero-order chi connectivity index (χ0) is 21.9. The van der Waals surface area contributed by atoms with Crippen molar-refractivity contribution in [2.75, 3.05) is 37.4 Å². The van der Waals surface area contributed by atoms with E-state index >= 15 is 0 Å². The lowest BCUT2D eigenvalue weighted by Gasteiger charge is -2.22. The van der Waals surface area contributed by atoms with E-state index in [1.165, 1.54) is 19.2 Å². The van der Waals surface area contributed by atoms with Crippen molar-refractivity contribution >= 4 is 33.2 Å². The number of anilines is 2. The summed E-state index contributed by atoms with van der Waals surface area (Å²) in [6.45, 7) is 3.29. The van der Waals surface area contributed by atoms with E-state index in [0.717, 1.165) is 4.31 Å². The number of amides is 2. The molecule has 0 saturated heterocycles. The summed E-state index contributed by atoms with van der Waals surface area (Å²) in [7, 11) is -2.65. The molecule has 2 N–H and O–H groups in total. The van der Waals surface area contributed by atoms with Gasteiger partial charge in [0.15, 0.2) is 6.61 Å². The molecule has 160 valence electrons. The molecule has 0 aliphatic carbocycles. The summed E-state index contributed by atoms with van der Waals surface area (Å²) in [6, 6.07) is 9.81. The SMILES string of the molecule is CCOc1ccccc1NC(=O)CN(C)S(=O)(=O)c1cc2c(cc1C)NC(=O)CO2. The van der Waals surface area contributed by atoms with Crippen LogP contribution in [-0.2, 0) is 19.6 Å². The number of carbonyl (C=O) groups is 2. The molecule has 3 rings (SSSR count). The van der Waals surface area contributed by atoms with Crippen molar-refractivity contribution < 1.29 is 27.5 Å². The standard InChI is InChI=1S/C20H23N3O6S/c1-4-28-16-8-6-5-7-14(16)21-19(24)11-23(3)30(26,27)18-10-17-15(9-13(18)2)22-20(25)12-29-17/h5-10H,4,11-12H2,1-3H3,(H,21,24)(H,22,25). The molecule has 0 unspecified atom stereocenters. The van der Waals surface area contributed by atoms with E-state index in [2.05, 4.69) is 10.6 Å². The number of hydrogen-bond donors (Lipinski definition) is 2. The highest BCUT2D eigenvalue weighted by Gasteiger charge is 2.28. The number of para-hydroxylation sites is 2. The number of nitrogens with one attached hydrogen (secondary N) is 2. The molecule has 10 heteroatoms. The maximum Gasteiger partial charge on any atom is 0.262 e. The summed E-state index contributed by atoms with van der Waals surface area (Å²) in [5.74, 6) is -0.0446. The van der Waals surface area contributed by atoms with Crippen LogP contribution in [-0.4, -0.2) is 51.3 Å². The summed E-state index contributed by atoms with van der Waals surface area (Å²) in [4.78, 5) is 23.9. The second-order valence-electron chi connectivity index (χ2n) is 6.69. The Hall–Kier alpha value is -3.11. The molecule has 0 spiro atoms. The molecule has 9 nitrogen and oxygen atoms in total. The van der Waals surface area contributed by atoms with Crippen LogP contribution in [0.5, 0.6) is 11.5 Å². The van der Waals surface area contributed by atoms with Crippen LogP contribution in [0.25, 0.3) is 0 Å². The predicted octanol–water partition coefficient (Wildman–Crippen LogP) is 1.98. The first kappa shape index (κ1) is 21.6. The van der Waals surface area contributed by atoms with Crippen LogP contribution < -0.4 is 20.1 Å². The summed E-state index contributed by atoms with van der Waals surface area (Å²) < 4.78 is 37.8. The fraction of sp³-hybridized carbons (Fsp3) is 0.300. The van der Waals surface area contributed by atoms with Gasteiger partial charge in [-0.15, -0.1) is 0 Å². The summed E-state index contributed by atoms with van der Waals surface area (Å²) >= 11 is 0. The van der Waals surface area contributed by atoms with Crippen LogP contribution >= 0.6 is 0 Å². The number of aryl methyl sites for hydroxylation is 1. The number of likely N-dealkylation sites (N-methyl/N-ethyl adjacent to an activating group) is 1. The van der Waals surface area contributed by atoms with Crippen LogP contribution in [0.2, 0.25) is 0 Å². The Bertz CT molecular complexity index is 1080. The Morgan fingerprint density at radius 3 is 2.77 bits per heavy atom. The predicted molar refractivity (Wildman–Crippen MR) is 111 cm³/mol. The third-order valence-electron chi connectivity index (χ3n) is 4.43. The summed E-state index contributed by atoms with van der Waals surface area (Å²) in [5.41, 5.74) is 1.30. The minimum atomic E-state index is -3.98. The molecule has 2 amide bonds. The quantitative estimate of drug-likeness (QED) is 0.690. The maximum absolute atomic E-state index is 13.0. The van der Waals surface area contributed by atoms with Crippen LogP contribution in [0.15, 0.2) is 41.3 Å². The molecule has 1 heterocycles. The minimum Gasteiger partial charge on any atom is -0.492 e. The van der Waals surface area contributed by atoms with Crippen LogP contribution in [0.1, 0.15) is 12.5 Å². The van der Waals surface area contributed by atoms with Crippen LogP contribution in [0.3, 0.4) is 0 Å². The molecule has 0 aromatic heterocycles. The molecular weight excluding hydrogens is 410 g/mol. The highest BCUT2D eigenvalue weighted by molar-refractivity contribution is 7.89. The van der Waals surface area contributed by atoms with E-state index in [1.807, 2.05) is 6.92 Å². The van der Waals surface area contributed by atoms with Gasteiger partial charge >= 0.3 is 0 Å². The Kier molecular flexibility index (Phi) is 6.28. The van der Waals surface area contributed by atoms with E-state index in [9.17, 15) is 18.0 Å². The van der Waals surface area contributed by atoms with Crippen molar-refractivity contribution in [2.24, 2.45) is 0 Å². The lowest BCUT2D eigenvalue weighted by molar-refractivity contribution is -0.118. The molecule has 0 radical (unpaired) electrons. The third-order valence-corrected chi connectivity index (χ3v) is 6.37. The van der Waals surface area contributed by atoms with Gasteiger partial charge in [0.25, 0.3) is 5.91 Å². The van der Waals surface area contributed by atoms with Gasteiger partial charge in [-0.1, -0.05) is 12.1 Å². The molecule has 30 heavy (non-hydrogen) atoms. The first-order chi connectivity index (χ1) is 14.2. The molecule has 0 atom stereocenters. The smallest absolute Gasteiger partial charge is 0.262 e. The van der Waals surface area contributed by atoms with Gasteiger partial charge in [-0.05, 0) is 37.6 Å². The third kappa shape index (κ3) is 4.55. The monoisotopic (exact) mass is 433 g/mol. The number of hydrogen-bond acceptors (Lipinski definition) is 6. The Morgan fingerprint density at radius 1 is 1.30 bits per heavy atom. The highest BCUT2D eigenvalue weighted by Crippen LogP contribution is 2.34. The van der Waals surface area contributed by atoms with E-state index in [-0.39, 0.29) is 23.2 Å². The van der Waals surface area contributed by atoms with Crippen molar-refractivity contribution in [3.8, 4) is 11.5 Å². The maximum atomic E-state index is 13.0. The zero-order valence-electron chi connectivity index (χ0n) is 16.9. The van der Waals surface area contributed by atoms with Crippen LogP contribution in [0.4, 0.5) is 11.4 Å². The minimum absolute atomic E-state index is 0.00224. The van der Waals surface area contributed by atoms with E-state index < -0.39 is 22.5 Å². The molecular formula is C20H23N3O6S. The lowest BCUT2D eigenvalue weighted by Crippen LogP contribution is -2.35. The van der Waals surface area contributed by atoms with Crippen molar-refractivity contribution in [1.82, 2.24) is 4.31 Å². The number of ether oxygens (including phenoxy) is 2. The average molecular weight is 433 g/mol. The summed E-state index contributed by atoms with van der Waals surface area (Å²) in [5, 5.41) is 5.31. The second kappa shape index (κ2) is 8.72. The number of benzene rings is 2. The van der Waals surface area contributed by atoms with Gasteiger partial charge in [0.05, 0.1) is 29.4 Å². The fourth-order valence-corrected chi connectivity index (χ4v) is 4.33. The lowest BCUT2D eigenvalue weighted by atomic mass is 10.2. The van der Waals surface area contributed by atoms with Gasteiger partial charge in [-0.2, -0.15) is 4.31 Å². The number of fused-ring (bicyclic) bond motifs is 1. The van der Waals surface area contributed by atoms with Crippen LogP contribution in [0, 0.1) is 6.92 Å². The highest BCUT2D eigenvalue weighted by atomic mass is 32.2. The van der Waals surface area contributed by atoms with Gasteiger partial charge < -0.3 is 20.1 Å². The molecule has 1 aliphatic rings. The first-order valence-corrected chi connectivity index (χ1v) is 10.7. The average Bonchev–Trinajstić information content (AvgIpc) is 2.68. The van der Waals surface area contributed by atoms with Crippen molar-refractivity contribution in [2.45, 2.75) is 18.7 Å². The van der Waals surface area contributed by atoms with Crippen molar-refractivity contribution in [3.05, 3.63) is 42.0 Å². The van der Waals surface area contributed by atoms with Gasteiger partial charge in [0.2, 0.25) is 15.9 Å². The van der Waals surface area contributed by atoms with Gasteiger partial charge in [0.1, 0.15) is 11.5 Å². The summed E-state index contributed by atoms with van der Waals surface area (Å²) in [6.07, 6.45) is 0. The number of nitrogens with zero attached hydrogens (tertiary/aromatic N) is 1. The van der Waals surface area contributed by atoms with E-state index in [4.69, 9.17) is 9.47 Å². The molecule has 1 aliphatic heterocycles. The normalized spacial score (nSPS) is 13.3. The Labute approximate surface area is 175 Å². The topological polar surface area (TPSA) is 114 Å². The fourth-order valence-electron chi connectivity index (χ4n) is 2.99. The molecule has 2 aromatic carbocycles. The van der Waals surface area contributed by atoms with Gasteiger partial charge in [0, 0.05) is 13.1 Å². The Balaban J connectivity index is 1.77. The van der Waals surface area contributed by atoms with Crippen molar-refractivity contribution in [1.29, 1.82) is 0 Å². The number of sulfonamides is 1. The van der Waals surface area contributed by atoms with E-state index in [0.29, 0.717) is 29.3 Å². The van der Waals surface area contributed by atoms with Crippen molar-refractivity contribution in [3.63, 3.8) is 0 Å². The zero-order valence-corrected chi connectivity index (χ0v) is 17.7. The second-order valence-corrected chi connectivity index (χ2v) is 8.70. The molecule has 2 aromatic rings. The first-order valence-electron chi connectivity index (χ1n) is 9.27. The molecule has 0 bridgehead atoms. The van der Waals surface area contributed by atoms with E-state index in [1.54, 1.807) is 31.2 Å². The van der Waals surface area contributed by atoms with Gasteiger partial charge in [-0.3, -0.25) is 9.59 Å². The number of rotatable bonds is 7. The molecule has 0 fully saturated rings. The largest absolute Gasteiger partial charge is 0.492 e. The Morgan fingerprint density at radius 2 is 2.03 bits per heavy atom.